The maximum absolute atomic E-state index is 14.4. The van der Waals surface area contributed by atoms with Gasteiger partial charge in [0.15, 0.2) is 11.5 Å². The fourth-order valence-electron chi connectivity index (χ4n) is 6.39. The second-order valence-electron chi connectivity index (χ2n) is 12.8. The largest absolute Gasteiger partial charge is 0.490 e. The standard InChI is InChI=1S/C38H47BrN2O6/c1-7-24-14-10-12-16-28(24)40-36(43)33-30(42)22-38(6,45)34(37(44)41-29-17-13-11-15-25(29)8-2)32(33)26-20-27(39)35(31(21-26)46-9-3)47-19-18-23(4)5/h10-17,20-21,23,32-34,45H,7-9,18-19,22H2,1-6H3,(H,40,43)(H,41,44). The van der Waals surface area contributed by atoms with Gasteiger partial charge in [-0.3, -0.25) is 14.4 Å². The first-order chi connectivity index (χ1) is 22.4. The normalized spacial score (nSPS) is 21.0. The van der Waals surface area contributed by atoms with Crippen LogP contribution in [0, 0.1) is 17.8 Å². The van der Waals surface area contributed by atoms with Crippen molar-refractivity contribution >= 4 is 44.9 Å². The van der Waals surface area contributed by atoms with Crippen LogP contribution in [0.15, 0.2) is 65.1 Å². The molecular formula is C38H47BrN2O6. The van der Waals surface area contributed by atoms with Crippen LogP contribution in [0.25, 0.3) is 0 Å². The van der Waals surface area contributed by atoms with E-state index in [2.05, 4.69) is 40.4 Å². The molecule has 1 fully saturated rings. The predicted molar refractivity (Wildman–Crippen MR) is 189 cm³/mol. The second-order valence-corrected chi connectivity index (χ2v) is 13.6. The van der Waals surface area contributed by atoms with Crippen molar-refractivity contribution in [3.8, 4) is 11.5 Å². The number of rotatable bonds is 13. The third kappa shape index (κ3) is 8.43. The van der Waals surface area contributed by atoms with E-state index < -0.39 is 41.0 Å². The smallest absolute Gasteiger partial charge is 0.235 e. The SMILES string of the molecule is CCOc1cc(C2C(C(=O)Nc3ccccc3CC)C(=O)CC(C)(O)C2C(=O)Nc2ccccc2CC)cc(Br)c1OCCC(C)C. The first-order valence-corrected chi connectivity index (χ1v) is 17.3. The Kier molecular flexibility index (Phi) is 12.3. The minimum Gasteiger partial charge on any atom is -0.490 e. The minimum atomic E-state index is -1.75. The van der Waals surface area contributed by atoms with Crippen LogP contribution in [-0.4, -0.2) is 41.5 Å². The Labute approximate surface area is 286 Å². The molecule has 8 nitrogen and oxygen atoms in total. The van der Waals surface area contributed by atoms with Crippen molar-refractivity contribution in [2.45, 2.75) is 78.7 Å². The Hall–Kier alpha value is -3.69. The molecular weight excluding hydrogens is 660 g/mol. The molecule has 0 saturated heterocycles. The van der Waals surface area contributed by atoms with Gasteiger partial charge in [-0.05, 0) is 95.9 Å². The number of aliphatic hydroxyl groups is 1. The number of ether oxygens (including phenoxy) is 2. The van der Waals surface area contributed by atoms with Gasteiger partial charge in [0.2, 0.25) is 11.8 Å². The highest BCUT2D eigenvalue weighted by Gasteiger charge is 2.56. The number of para-hydroxylation sites is 2. The second kappa shape index (κ2) is 15.9. The number of halogens is 1. The van der Waals surface area contributed by atoms with Gasteiger partial charge in [0.1, 0.15) is 11.7 Å². The van der Waals surface area contributed by atoms with E-state index in [1.165, 1.54) is 6.92 Å². The van der Waals surface area contributed by atoms with Gasteiger partial charge in [-0.15, -0.1) is 0 Å². The number of amides is 2. The van der Waals surface area contributed by atoms with Crippen molar-refractivity contribution < 1.29 is 29.0 Å². The van der Waals surface area contributed by atoms with Crippen LogP contribution in [0.3, 0.4) is 0 Å². The van der Waals surface area contributed by atoms with Crippen molar-refractivity contribution in [1.82, 2.24) is 0 Å². The molecule has 0 spiro atoms. The van der Waals surface area contributed by atoms with Crippen molar-refractivity contribution in [1.29, 1.82) is 0 Å². The zero-order valence-corrected chi connectivity index (χ0v) is 29.8. The van der Waals surface area contributed by atoms with Crippen molar-refractivity contribution in [3.05, 3.63) is 81.8 Å². The van der Waals surface area contributed by atoms with Gasteiger partial charge >= 0.3 is 0 Å². The lowest BCUT2D eigenvalue weighted by molar-refractivity contribution is -0.150. The highest BCUT2D eigenvalue weighted by molar-refractivity contribution is 9.10. The Balaban J connectivity index is 1.87. The maximum atomic E-state index is 14.4. The Bertz CT molecular complexity index is 1590. The van der Waals surface area contributed by atoms with Crippen LogP contribution < -0.4 is 20.1 Å². The summed E-state index contributed by atoms with van der Waals surface area (Å²) in [6.07, 6.45) is 1.84. The monoisotopic (exact) mass is 706 g/mol. The molecule has 0 aliphatic heterocycles. The molecule has 0 aromatic heterocycles. The third-order valence-corrected chi connectivity index (χ3v) is 9.39. The van der Waals surface area contributed by atoms with Crippen LogP contribution in [0.2, 0.25) is 0 Å². The van der Waals surface area contributed by atoms with Crippen molar-refractivity contribution in [2.75, 3.05) is 23.8 Å². The predicted octanol–water partition coefficient (Wildman–Crippen LogP) is 7.71. The molecule has 1 saturated carbocycles. The van der Waals surface area contributed by atoms with Gasteiger partial charge in [0.05, 0.1) is 29.2 Å². The molecule has 0 bridgehead atoms. The molecule has 2 amide bonds. The number of benzene rings is 3. The summed E-state index contributed by atoms with van der Waals surface area (Å²) in [5, 5.41) is 17.9. The molecule has 3 aromatic carbocycles. The summed E-state index contributed by atoms with van der Waals surface area (Å²) >= 11 is 3.65. The summed E-state index contributed by atoms with van der Waals surface area (Å²) in [6, 6.07) is 18.4. The van der Waals surface area contributed by atoms with Crippen LogP contribution in [0.5, 0.6) is 11.5 Å². The molecule has 1 aliphatic carbocycles. The summed E-state index contributed by atoms with van der Waals surface area (Å²) in [5.74, 6) is -3.58. The van der Waals surface area contributed by atoms with E-state index in [0.29, 0.717) is 64.9 Å². The number of carbonyl (C=O) groups is 3. The van der Waals surface area contributed by atoms with E-state index in [1.54, 1.807) is 18.2 Å². The van der Waals surface area contributed by atoms with E-state index in [-0.39, 0.29) is 6.42 Å². The van der Waals surface area contributed by atoms with E-state index in [9.17, 15) is 19.5 Å². The van der Waals surface area contributed by atoms with Gasteiger partial charge in [-0.1, -0.05) is 64.1 Å². The van der Waals surface area contributed by atoms with Gasteiger partial charge in [0, 0.05) is 23.7 Å². The number of ketones is 1. The van der Waals surface area contributed by atoms with Crippen LogP contribution in [-0.2, 0) is 27.2 Å². The molecule has 4 atom stereocenters. The van der Waals surface area contributed by atoms with Crippen LogP contribution in [0.1, 0.15) is 77.0 Å². The molecule has 4 unspecified atom stereocenters. The first kappa shape index (κ1) is 36.2. The van der Waals surface area contributed by atoms with Gasteiger partial charge < -0.3 is 25.2 Å². The number of nitrogens with one attached hydrogen (secondary N) is 2. The van der Waals surface area contributed by atoms with Gasteiger partial charge in [0.25, 0.3) is 0 Å². The summed E-state index contributed by atoms with van der Waals surface area (Å²) in [5.41, 5.74) is 1.82. The maximum Gasteiger partial charge on any atom is 0.235 e. The fourth-order valence-corrected chi connectivity index (χ4v) is 6.97. The van der Waals surface area contributed by atoms with E-state index in [1.807, 2.05) is 63.2 Å². The van der Waals surface area contributed by atoms with Gasteiger partial charge in [-0.25, -0.2) is 0 Å². The number of aryl methyl sites for hydroxylation is 2. The summed E-state index contributed by atoms with van der Waals surface area (Å²) in [7, 11) is 0. The van der Waals surface area contributed by atoms with E-state index in [4.69, 9.17) is 9.47 Å². The Morgan fingerprint density at radius 2 is 1.51 bits per heavy atom. The fraction of sp³-hybridized carbons (Fsp3) is 0.447. The number of hydrogen-bond acceptors (Lipinski definition) is 6. The summed E-state index contributed by atoms with van der Waals surface area (Å²) in [6.45, 7) is 12.4. The molecule has 1 aliphatic rings. The highest BCUT2D eigenvalue weighted by atomic mass is 79.9. The lowest BCUT2D eigenvalue weighted by Gasteiger charge is -2.44. The number of Topliss-reactive ketones (excluding diaryl/α,β-unsaturated/α-hetero) is 1. The molecule has 4 rings (SSSR count). The van der Waals surface area contributed by atoms with Crippen molar-refractivity contribution in [3.63, 3.8) is 0 Å². The van der Waals surface area contributed by atoms with Crippen molar-refractivity contribution in [2.24, 2.45) is 17.8 Å². The zero-order chi connectivity index (χ0) is 34.3. The molecule has 0 radical (unpaired) electrons. The average molecular weight is 708 g/mol. The molecule has 0 heterocycles. The summed E-state index contributed by atoms with van der Waals surface area (Å²) in [4.78, 5) is 42.5. The highest BCUT2D eigenvalue weighted by Crippen LogP contribution is 2.49. The number of anilines is 2. The van der Waals surface area contributed by atoms with Crippen LogP contribution in [0.4, 0.5) is 11.4 Å². The van der Waals surface area contributed by atoms with E-state index >= 15 is 0 Å². The van der Waals surface area contributed by atoms with Crippen LogP contribution >= 0.6 is 15.9 Å². The Morgan fingerprint density at radius 3 is 2.06 bits per heavy atom. The molecule has 47 heavy (non-hydrogen) atoms. The Morgan fingerprint density at radius 1 is 0.936 bits per heavy atom. The van der Waals surface area contributed by atoms with E-state index in [0.717, 1.165) is 17.5 Å². The first-order valence-electron chi connectivity index (χ1n) is 16.5. The lowest BCUT2D eigenvalue weighted by Crippen LogP contribution is -2.56. The minimum absolute atomic E-state index is 0.340. The molecule has 9 heteroatoms. The average Bonchev–Trinajstić information content (AvgIpc) is 3.01. The topological polar surface area (TPSA) is 114 Å². The number of carbonyl (C=O) groups excluding carboxylic acids is 3. The molecule has 3 N–H and O–H groups in total. The quantitative estimate of drug-likeness (QED) is 0.157. The molecule has 3 aromatic rings. The zero-order valence-electron chi connectivity index (χ0n) is 28.2. The van der Waals surface area contributed by atoms with Gasteiger partial charge in [-0.2, -0.15) is 0 Å². The number of hydrogen-bond donors (Lipinski definition) is 3. The molecule has 252 valence electrons. The third-order valence-electron chi connectivity index (χ3n) is 8.80. The summed E-state index contributed by atoms with van der Waals surface area (Å²) < 4.78 is 12.7. The lowest BCUT2D eigenvalue weighted by atomic mass is 9.61.